The second kappa shape index (κ2) is 39.5. The molecule has 1 aliphatic heterocycles. The number of amides is 13. The molecule has 1 aromatic rings. The zero-order chi connectivity index (χ0) is 73.5. The van der Waals surface area contributed by atoms with Crippen LogP contribution < -0.4 is 26.6 Å². The number of imide groups is 1. The molecule has 2 unspecified atom stereocenters. The van der Waals surface area contributed by atoms with Crippen molar-refractivity contribution < 1.29 is 72.2 Å². The minimum absolute atomic E-state index is 0.0181. The van der Waals surface area contributed by atoms with Gasteiger partial charge in [-0.25, -0.2) is 9.59 Å². The molecule has 27 heteroatoms. The second-order valence-corrected chi connectivity index (χ2v) is 27.9. The summed E-state index contributed by atoms with van der Waals surface area (Å²) in [6.45, 7) is 23.7. The normalized spacial score (nSPS) is 23.9. The standard InChI is InChI=1S/C69H116N12O15/c1-23-49-64(90)75(15)38-53(82)76(16)50(34-39(2)3)61(87)74-54(42(8)9)66(92)77(17)51(35-40(4)5)60(86)71-45(13)58(84)72-46(14)63(89)78(18)52(36-41(6)7)65(91)81(21)69(95)80(20)55(43(10)11)67(93)79(19)56(62(88)73-49)57(83)44(12)30-27-25-24-26-28-33-70-59(85)47-31-29-32-48(37-47)68(94)96-22/h29,31-32,37,39-46,49-52,54-57,83H,23-28,30,33-36,38H2,1-22H3,(H,70,85)(H,71,86)(H,72,84)(H,73,88)(H,74,87)/t44-,45-,46?,49+,50+,51-,52-,54-,55+,56?,57-/m1/s1. The number of nitrogens with zero attached hydrogens (tertiary/aromatic N) is 7. The summed E-state index contributed by atoms with van der Waals surface area (Å²) in [6.07, 6.45) is 2.57. The molecule has 542 valence electrons. The Labute approximate surface area is 569 Å². The van der Waals surface area contributed by atoms with Gasteiger partial charge in [0, 0.05) is 61.4 Å². The molecule has 0 spiro atoms. The highest BCUT2D eigenvalue weighted by atomic mass is 16.5. The Morgan fingerprint density at radius 1 is 0.552 bits per heavy atom. The van der Waals surface area contributed by atoms with Crippen LogP contribution in [0.1, 0.15) is 182 Å². The van der Waals surface area contributed by atoms with Crippen LogP contribution in [0.5, 0.6) is 0 Å². The van der Waals surface area contributed by atoms with Gasteiger partial charge in [0.05, 0.1) is 25.3 Å². The molecular formula is C69H116N12O15. The van der Waals surface area contributed by atoms with Crippen LogP contribution in [0.25, 0.3) is 0 Å². The van der Waals surface area contributed by atoms with E-state index in [2.05, 4.69) is 26.6 Å². The number of aliphatic hydroxyl groups excluding tert-OH is 1. The number of rotatable bonds is 21. The van der Waals surface area contributed by atoms with E-state index in [1.165, 1.54) is 86.2 Å². The van der Waals surface area contributed by atoms with E-state index in [9.17, 15) is 57.8 Å². The van der Waals surface area contributed by atoms with E-state index in [-0.39, 0.29) is 54.9 Å². The summed E-state index contributed by atoms with van der Waals surface area (Å²) >= 11 is 0. The van der Waals surface area contributed by atoms with Gasteiger partial charge in [-0.1, -0.05) is 115 Å². The van der Waals surface area contributed by atoms with Gasteiger partial charge in [-0.3, -0.25) is 57.6 Å². The highest BCUT2D eigenvalue weighted by Crippen LogP contribution is 2.25. The number of carbonyl (C=O) groups is 13. The van der Waals surface area contributed by atoms with Gasteiger partial charge in [-0.15, -0.1) is 0 Å². The van der Waals surface area contributed by atoms with Crippen molar-refractivity contribution in [1.82, 2.24) is 60.9 Å². The van der Waals surface area contributed by atoms with Crippen LogP contribution in [0.4, 0.5) is 4.79 Å². The second-order valence-electron chi connectivity index (χ2n) is 27.9. The van der Waals surface area contributed by atoms with Gasteiger partial charge in [0.1, 0.15) is 54.4 Å². The fraction of sp³-hybridized carbons (Fsp3) is 0.725. The summed E-state index contributed by atoms with van der Waals surface area (Å²) in [5.74, 6) is -10.7. The molecule has 11 atom stereocenters. The minimum Gasteiger partial charge on any atom is -0.465 e. The van der Waals surface area contributed by atoms with Crippen molar-refractivity contribution >= 4 is 77.0 Å². The average molecular weight is 1350 g/mol. The quantitative estimate of drug-likeness (QED) is 0.0747. The third-order valence-corrected chi connectivity index (χ3v) is 17.8. The van der Waals surface area contributed by atoms with Crippen molar-refractivity contribution in [3.8, 4) is 0 Å². The van der Waals surface area contributed by atoms with E-state index in [0.717, 1.165) is 37.3 Å². The molecule has 27 nitrogen and oxygen atoms in total. The van der Waals surface area contributed by atoms with E-state index >= 15 is 9.59 Å². The van der Waals surface area contributed by atoms with E-state index < -0.39 is 156 Å². The Morgan fingerprint density at radius 3 is 1.60 bits per heavy atom. The summed E-state index contributed by atoms with van der Waals surface area (Å²) in [7, 11) is 10.6. The fourth-order valence-electron chi connectivity index (χ4n) is 11.7. The van der Waals surface area contributed by atoms with Crippen molar-refractivity contribution in [1.29, 1.82) is 0 Å². The summed E-state index contributed by atoms with van der Waals surface area (Å²) in [5, 5.41) is 26.1. The molecule has 13 amide bonds. The number of unbranched alkanes of at least 4 members (excludes halogenated alkanes) is 4. The number of ether oxygens (including phenoxy) is 1. The number of benzene rings is 1. The van der Waals surface area contributed by atoms with E-state index in [0.29, 0.717) is 37.8 Å². The molecule has 1 heterocycles. The Balaban J connectivity index is 2.75. The van der Waals surface area contributed by atoms with Crippen LogP contribution in [0.2, 0.25) is 0 Å². The van der Waals surface area contributed by atoms with Crippen molar-refractivity contribution in [2.75, 3.05) is 69.5 Å². The Hall–Kier alpha value is -7.71. The third kappa shape index (κ3) is 24.1. The number of likely N-dealkylation sites (N-methyl/N-ethyl adjacent to an activating group) is 7. The van der Waals surface area contributed by atoms with Crippen LogP contribution in [-0.4, -0.2) is 246 Å². The molecule has 0 bridgehead atoms. The lowest BCUT2D eigenvalue weighted by Gasteiger charge is -2.40. The maximum absolute atomic E-state index is 15.2. The summed E-state index contributed by atoms with van der Waals surface area (Å²) in [4.78, 5) is 192. The van der Waals surface area contributed by atoms with Crippen molar-refractivity contribution in [2.24, 2.45) is 35.5 Å². The average Bonchev–Trinajstić information content (AvgIpc) is 0.827. The first-order valence-electron chi connectivity index (χ1n) is 33.9. The van der Waals surface area contributed by atoms with E-state index in [1.54, 1.807) is 59.7 Å². The topological polar surface area (TPSA) is 334 Å². The van der Waals surface area contributed by atoms with Gasteiger partial charge in [0.2, 0.25) is 53.2 Å². The number of carbonyl (C=O) groups excluding carboxylic acids is 13. The zero-order valence-corrected chi connectivity index (χ0v) is 61.3. The van der Waals surface area contributed by atoms with Crippen LogP contribution >= 0.6 is 0 Å². The van der Waals surface area contributed by atoms with Gasteiger partial charge in [0.15, 0.2) is 0 Å². The molecule has 2 rings (SSSR count). The number of hydrogen-bond donors (Lipinski definition) is 6. The first kappa shape index (κ1) is 84.4. The number of urea groups is 1. The van der Waals surface area contributed by atoms with Gasteiger partial charge >= 0.3 is 12.0 Å². The monoisotopic (exact) mass is 1350 g/mol. The van der Waals surface area contributed by atoms with Crippen molar-refractivity contribution in [2.45, 2.75) is 222 Å². The largest absolute Gasteiger partial charge is 0.465 e. The summed E-state index contributed by atoms with van der Waals surface area (Å²) in [6, 6.07) is -6.45. The van der Waals surface area contributed by atoms with Gasteiger partial charge in [0.25, 0.3) is 11.8 Å². The van der Waals surface area contributed by atoms with Gasteiger partial charge in [-0.05, 0) is 106 Å². The number of esters is 1. The fourth-order valence-corrected chi connectivity index (χ4v) is 11.7. The first-order valence-corrected chi connectivity index (χ1v) is 33.9. The molecular weight excluding hydrogens is 1240 g/mol. The van der Waals surface area contributed by atoms with Crippen molar-refractivity contribution in [3.63, 3.8) is 0 Å². The van der Waals surface area contributed by atoms with Crippen LogP contribution in [0, 0.1) is 35.5 Å². The molecule has 1 aromatic carbocycles. The molecule has 0 saturated carbocycles. The highest BCUT2D eigenvalue weighted by molar-refractivity contribution is 6.02. The van der Waals surface area contributed by atoms with E-state index in [4.69, 9.17) is 4.74 Å². The Morgan fingerprint density at radius 2 is 1.06 bits per heavy atom. The van der Waals surface area contributed by atoms with Crippen LogP contribution in [-0.2, 0) is 52.7 Å². The molecule has 1 saturated heterocycles. The van der Waals surface area contributed by atoms with E-state index in [1.807, 2.05) is 41.5 Å². The number of aliphatic hydroxyl groups is 1. The van der Waals surface area contributed by atoms with Crippen LogP contribution in [0.15, 0.2) is 24.3 Å². The maximum Gasteiger partial charge on any atom is 0.337 e. The molecule has 96 heavy (non-hydrogen) atoms. The van der Waals surface area contributed by atoms with Gasteiger partial charge in [-0.2, -0.15) is 0 Å². The summed E-state index contributed by atoms with van der Waals surface area (Å²) in [5.41, 5.74) is 0.567. The maximum atomic E-state index is 15.2. The SMILES string of the molecule is CC[C@@H]1NC(=O)C([C@H](O)[C@H](C)CCCCCCCNC(=O)c2cccc(C(=O)OC)c2)N(C)C(=O)[C@H](C(C)C)N(C)C(=O)N(C)C(=O)[C@@H](CC(C)C)N(C)C(=O)C(C)NC(=O)[C@@H](C)NC(=O)[C@@H](CC(C)C)N(C)C(=O)[C@@H](C(C)C)NC(=O)[C@H](CC(C)C)N(C)C(=O)CN(C)C1=O. The molecule has 1 aliphatic rings. The predicted octanol–water partition coefficient (Wildman–Crippen LogP) is 4.04. The van der Waals surface area contributed by atoms with Crippen LogP contribution in [0.3, 0.4) is 0 Å². The molecule has 0 aliphatic carbocycles. The summed E-state index contributed by atoms with van der Waals surface area (Å²) < 4.78 is 4.76. The lowest BCUT2D eigenvalue weighted by atomic mass is 9.90. The zero-order valence-electron chi connectivity index (χ0n) is 61.3. The van der Waals surface area contributed by atoms with Crippen molar-refractivity contribution in [3.05, 3.63) is 35.4 Å². The molecule has 0 aromatic heterocycles. The van der Waals surface area contributed by atoms with Gasteiger partial charge < -0.3 is 65.8 Å². The first-order chi connectivity index (χ1) is 44.7. The smallest absolute Gasteiger partial charge is 0.337 e. The minimum atomic E-state index is -1.68. The number of methoxy groups -OCH3 is 1. The number of hydrogen-bond acceptors (Lipinski definition) is 15. The molecule has 6 N–H and O–H groups in total. The third-order valence-electron chi connectivity index (χ3n) is 17.8. The molecule has 1 fully saturated rings. The number of nitrogens with one attached hydrogen (secondary N) is 5. The Bertz CT molecular complexity index is 2850. The predicted molar refractivity (Wildman–Crippen MR) is 364 cm³/mol. The Kier molecular flexibility index (Phi) is 34.7. The molecule has 0 radical (unpaired) electrons. The lowest BCUT2D eigenvalue weighted by Crippen LogP contribution is -2.63. The highest BCUT2D eigenvalue weighted by Gasteiger charge is 2.45. The lowest BCUT2D eigenvalue weighted by molar-refractivity contribution is -0.150.